The van der Waals surface area contributed by atoms with E-state index in [1.54, 1.807) is 0 Å². The molecule has 0 fully saturated rings. The number of hydrogen-bond donors (Lipinski definition) is 0. The first-order valence-corrected chi connectivity index (χ1v) is 6.60. The van der Waals surface area contributed by atoms with Crippen molar-refractivity contribution in [3.05, 3.63) is 46.9 Å². The van der Waals surface area contributed by atoms with Crippen LogP contribution in [-0.2, 0) is 26.2 Å². The summed E-state index contributed by atoms with van der Waals surface area (Å²) < 4.78 is 0. The Morgan fingerprint density at radius 3 is 2.17 bits per heavy atom. The smallest absolute Gasteiger partial charge is 0 e. The number of benzene rings is 1. The molecule has 0 N–H and O–H groups in total. The Morgan fingerprint density at radius 2 is 1.67 bits per heavy atom. The maximum atomic E-state index is 4.29. The van der Waals surface area contributed by atoms with Crippen LogP contribution in [0, 0.1) is 6.92 Å². The van der Waals surface area contributed by atoms with Crippen molar-refractivity contribution >= 4 is 6.08 Å². The zero-order valence-electron chi connectivity index (χ0n) is 12.2. The Balaban J connectivity index is 0.00000162. The van der Waals surface area contributed by atoms with Crippen molar-refractivity contribution in [1.82, 2.24) is 0 Å². The molecule has 0 aromatic heterocycles. The molecule has 0 saturated carbocycles. The summed E-state index contributed by atoms with van der Waals surface area (Å²) in [6.45, 7) is 15.6. The summed E-state index contributed by atoms with van der Waals surface area (Å²) in [5.41, 5.74) is 7.18. The molecular weight excluding hydrogens is 295 g/mol. The molecule has 1 aliphatic carbocycles. The van der Waals surface area contributed by atoms with Crippen molar-refractivity contribution in [1.29, 1.82) is 0 Å². The van der Waals surface area contributed by atoms with Crippen LogP contribution >= 0.6 is 0 Å². The molecule has 0 spiro atoms. The van der Waals surface area contributed by atoms with Crippen LogP contribution in [0.2, 0.25) is 0 Å². The van der Waals surface area contributed by atoms with Gasteiger partial charge < -0.3 is 6.92 Å². The predicted octanol–water partition coefficient (Wildman–Crippen LogP) is 5.27. The molecule has 1 aromatic carbocycles. The van der Waals surface area contributed by atoms with Gasteiger partial charge in [-0.1, -0.05) is 57.0 Å². The van der Waals surface area contributed by atoms with Crippen LogP contribution in [-0.4, -0.2) is 0 Å². The van der Waals surface area contributed by atoms with Gasteiger partial charge in [-0.25, -0.2) is 0 Å². The van der Waals surface area contributed by atoms with Crippen LogP contribution in [0.15, 0.2) is 17.7 Å². The van der Waals surface area contributed by atoms with Crippen LogP contribution in [0.3, 0.4) is 0 Å². The molecule has 1 aliphatic rings. The molecule has 2 rings (SSSR count). The fourth-order valence-electron chi connectivity index (χ4n) is 2.56. The van der Waals surface area contributed by atoms with E-state index in [1.165, 1.54) is 27.8 Å². The number of hydrogen-bond acceptors (Lipinski definition) is 0. The minimum atomic E-state index is 0. The fraction of sp³-hybridized carbons (Fsp3) is 0.471. The van der Waals surface area contributed by atoms with Crippen molar-refractivity contribution < 1.29 is 26.2 Å². The molecule has 0 radical (unpaired) electrons. The summed E-state index contributed by atoms with van der Waals surface area (Å²) in [7, 11) is 0. The molecule has 1 aromatic rings. The van der Waals surface area contributed by atoms with Gasteiger partial charge in [-0.05, 0) is 35.4 Å². The van der Waals surface area contributed by atoms with Gasteiger partial charge >= 0.3 is 0 Å². The Bertz CT molecular complexity index is 467. The van der Waals surface area contributed by atoms with E-state index in [0.29, 0.717) is 17.8 Å². The zero-order chi connectivity index (χ0) is 12.7. The first-order valence-electron chi connectivity index (χ1n) is 6.60. The molecular formula is C17H23Zr-. The third kappa shape index (κ3) is 2.72. The number of fused-ring (bicyclic) bond motifs is 1. The summed E-state index contributed by atoms with van der Waals surface area (Å²) >= 11 is 0. The molecule has 0 saturated heterocycles. The normalized spacial score (nSPS) is 17.8. The van der Waals surface area contributed by atoms with Gasteiger partial charge in [0.1, 0.15) is 0 Å². The van der Waals surface area contributed by atoms with Crippen molar-refractivity contribution in [2.24, 2.45) is 0 Å². The molecule has 1 unspecified atom stereocenters. The summed E-state index contributed by atoms with van der Waals surface area (Å²) in [4.78, 5) is 0. The fourth-order valence-corrected chi connectivity index (χ4v) is 2.56. The zero-order valence-corrected chi connectivity index (χ0v) is 14.6. The van der Waals surface area contributed by atoms with Gasteiger partial charge in [0.05, 0.1) is 0 Å². The van der Waals surface area contributed by atoms with Gasteiger partial charge in [0.25, 0.3) is 0 Å². The molecule has 0 aliphatic heterocycles. The molecule has 1 atom stereocenters. The monoisotopic (exact) mass is 317 g/mol. The molecule has 0 amide bonds. The predicted molar refractivity (Wildman–Crippen MR) is 76.4 cm³/mol. The second-order valence-corrected chi connectivity index (χ2v) is 5.86. The average Bonchev–Trinajstić information content (AvgIpc) is 2.54. The van der Waals surface area contributed by atoms with Gasteiger partial charge in [0.2, 0.25) is 0 Å². The van der Waals surface area contributed by atoms with Crippen molar-refractivity contribution in [2.75, 3.05) is 0 Å². The summed E-state index contributed by atoms with van der Waals surface area (Å²) in [5.74, 6) is 1.52. The number of rotatable bonds is 2. The van der Waals surface area contributed by atoms with E-state index >= 15 is 0 Å². The van der Waals surface area contributed by atoms with Crippen LogP contribution in [0.5, 0.6) is 0 Å². The molecule has 0 heterocycles. The summed E-state index contributed by atoms with van der Waals surface area (Å²) in [5, 5.41) is 0. The number of allylic oxidation sites excluding steroid dienone is 1. The van der Waals surface area contributed by atoms with Crippen LogP contribution < -0.4 is 0 Å². The Morgan fingerprint density at radius 1 is 1.06 bits per heavy atom. The largest absolute Gasteiger partial charge is 0.332 e. The quantitative estimate of drug-likeness (QED) is 0.652. The van der Waals surface area contributed by atoms with Crippen molar-refractivity contribution in [3.63, 3.8) is 0 Å². The molecule has 18 heavy (non-hydrogen) atoms. The summed E-state index contributed by atoms with van der Waals surface area (Å²) in [6.07, 6.45) is 2.33. The van der Waals surface area contributed by atoms with E-state index in [1.807, 2.05) is 0 Å². The maximum absolute atomic E-state index is 4.29. The third-order valence-corrected chi connectivity index (χ3v) is 3.85. The van der Waals surface area contributed by atoms with Crippen molar-refractivity contribution in [3.8, 4) is 0 Å². The average molecular weight is 319 g/mol. The first-order chi connectivity index (χ1) is 7.91. The first kappa shape index (κ1) is 15.9. The van der Waals surface area contributed by atoms with E-state index in [9.17, 15) is 0 Å². The van der Waals surface area contributed by atoms with E-state index in [4.69, 9.17) is 0 Å². The standard InChI is InChI=1S/C17H23.Zr/c1-10(2)14-8-15(11(3)4)17-7-12(5)13(6)16(17)9-14;/h7-11,13H,6H2,1-5H3;/q-1;. The minimum Gasteiger partial charge on any atom is -0.332 e. The van der Waals surface area contributed by atoms with Gasteiger partial charge in [0.15, 0.2) is 0 Å². The van der Waals surface area contributed by atoms with Crippen molar-refractivity contribution in [2.45, 2.75) is 52.4 Å². The summed E-state index contributed by atoms with van der Waals surface area (Å²) in [6, 6.07) is 4.74. The van der Waals surface area contributed by atoms with Crippen LogP contribution in [0.25, 0.3) is 6.08 Å². The van der Waals surface area contributed by atoms with E-state index in [2.05, 4.69) is 59.8 Å². The van der Waals surface area contributed by atoms with Gasteiger partial charge in [0, 0.05) is 26.2 Å². The SMILES string of the molecule is [CH2-]C1C(C)=Cc2c(C(C)C)cc(C(C)C)cc21.[Zr]. The van der Waals surface area contributed by atoms with E-state index in [0.717, 1.165) is 0 Å². The van der Waals surface area contributed by atoms with E-state index in [-0.39, 0.29) is 26.2 Å². The molecule has 0 nitrogen and oxygen atoms in total. The Labute approximate surface area is 131 Å². The van der Waals surface area contributed by atoms with Gasteiger partial charge in [-0.3, -0.25) is 0 Å². The molecule has 1 heteroatoms. The topological polar surface area (TPSA) is 0 Å². The minimum absolute atomic E-state index is 0. The van der Waals surface area contributed by atoms with Gasteiger partial charge in [-0.2, -0.15) is 0 Å². The second kappa shape index (κ2) is 5.87. The van der Waals surface area contributed by atoms with Crippen LogP contribution in [0.4, 0.5) is 0 Å². The van der Waals surface area contributed by atoms with E-state index < -0.39 is 0 Å². The van der Waals surface area contributed by atoms with Gasteiger partial charge in [-0.15, -0.1) is 5.92 Å². The second-order valence-electron chi connectivity index (χ2n) is 5.86. The maximum Gasteiger partial charge on any atom is 0 e. The Hall–Kier alpha value is -0.157. The molecule has 96 valence electrons. The third-order valence-electron chi connectivity index (χ3n) is 3.85. The Kier molecular flexibility index (Phi) is 5.18. The van der Waals surface area contributed by atoms with Crippen LogP contribution in [0.1, 0.15) is 74.6 Å². The molecule has 0 bridgehead atoms.